The third-order valence-corrected chi connectivity index (χ3v) is 3.27. The van der Waals surface area contributed by atoms with Crippen LogP contribution in [0.15, 0.2) is 22.7 Å². The molecule has 20 heavy (non-hydrogen) atoms. The first-order chi connectivity index (χ1) is 9.40. The van der Waals surface area contributed by atoms with E-state index in [0.29, 0.717) is 5.06 Å². The molecule has 0 aliphatic carbocycles. The number of imide groups is 1. The summed E-state index contributed by atoms with van der Waals surface area (Å²) in [5.41, 5.74) is 0.00394. The predicted molar refractivity (Wildman–Crippen MR) is 67.6 cm³/mol. The van der Waals surface area contributed by atoms with Gasteiger partial charge in [0.25, 0.3) is 11.8 Å². The van der Waals surface area contributed by atoms with Gasteiger partial charge in [-0.05, 0) is 34.1 Å². The summed E-state index contributed by atoms with van der Waals surface area (Å²) in [5, 5.41) is 9.28. The van der Waals surface area contributed by atoms with Gasteiger partial charge in [0, 0.05) is 17.3 Å². The van der Waals surface area contributed by atoms with E-state index in [1.54, 1.807) is 0 Å². The number of carboxylic acid groups (broad SMARTS) is 1. The lowest BCUT2D eigenvalue weighted by molar-refractivity contribution is -0.172. The Labute approximate surface area is 121 Å². The van der Waals surface area contributed by atoms with Gasteiger partial charge in [-0.15, -0.1) is 5.06 Å². The molecule has 1 heterocycles. The predicted octanol–water partition coefficient (Wildman–Crippen LogP) is 1.37. The molecule has 1 aromatic carbocycles. The Kier molecular flexibility index (Phi) is 3.84. The Morgan fingerprint density at radius 2 is 1.80 bits per heavy atom. The van der Waals surface area contributed by atoms with E-state index in [4.69, 9.17) is 9.94 Å². The summed E-state index contributed by atoms with van der Waals surface area (Å²) < 4.78 is 0.193. The second kappa shape index (κ2) is 5.41. The molecule has 1 aliphatic rings. The molecule has 2 amide bonds. The first-order valence-corrected chi connectivity index (χ1v) is 6.30. The molecule has 0 unspecified atom stereocenters. The lowest BCUT2D eigenvalue weighted by Gasteiger charge is -2.12. The summed E-state index contributed by atoms with van der Waals surface area (Å²) in [5.74, 6) is -3.22. The number of rotatable bonds is 3. The van der Waals surface area contributed by atoms with Crippen LogP contribution in [0.25, 0.3) is 0 Å². The van der Waals surface area contributed by atoms with Crippen molar-refractivity contribution < 1.29 is 29.1 Å². The summed E-state index contributed by atoms with van der Waals surface area (Å²) in [6.45, 7) is 0. The quantitative estimate of drug-likeness (QED) is 0.833. The summed E-state index contributed by atoms with van der Waals surface area (Å²) in [6, 6.07) is 3.70. The molecule has 1 saturated heterocycles. The minimum atomic E-state index is -1.15. The van der Waals surface area contributed by atoms with Crippen molar-refractivity contribution >= 4 is 39.7 Å². The zero-order valence-electron chi connectivity index (χ0n) is 9.96. The number of carboxylic acids is 1. The van der Waals surface area contributed by atoms with Crippen molar-refractivity contribution in [3.8, 4) is 0 Å². The van der Waals surface area contributed by atoms with Crippen molar-refractivity contribution in [2.24, 2.45) is 0 Å². The van der Waals surface area contributed by atoms with E-state index >= 15 is 0 Å². The maximum Gasteiger partial charge on any atom is 0.363 e. The van der Waals surface area contributed by atoms with Crippen molar-refractivity contribution in [1.82, 2.24) is 5.06 Å². The Balaban J connectivity index is 2.18. The van der Waals surface area contributed by atoms with E-state index < -0.39 is 23.8 Å². The first kappa shape index (κ1) is 14.2. The molecule has 1 aliphatic heterocycles. The molecular formula is C12H8BrNO6. The second-order valence-corrected chi connectivity index (χ2v) is 4.81. The van der Waals surface area contributed by atoms with Crippen molar-refractivity contribution in [1.29, 1.82) is 0 Å². The van der Waals surface area contributed by atoms with Crippen molar-refractivity contribution in [2.75, 3.05) is 0 Å². The van der Waals surface area contributed by atoms with Crippen LogP contribution in [0.2, 0.25) is 0 Å². The smallest absolute Gasteiger partial charge is 0.363 e. The number of hydrogen-bond acceptors (Lipinski definition) is 5. The van der Waals surface area contributed by atoms with E-state index in [1.165, 1.54) is 18.2 Å². The molecule has 0 aromatic heterocycles. The normalized spacial score (nSPS) is 14.6. The summed E-state index contributed by atoms with van der Waals surface area (Å²) in [4.78, 5) is 49.9. The van der Waals surface area contributed by atoms with Crippen LogP contribution in [-0.4, -0.2) is 33.9 Å². The summed E-state index contributed by atoms with van der Waals surface area (Å²) in [7, 11) is 0. The molecular weight excluding hydrogens is 334 g/mol. The Hall–Kier alpha value is -2.22. The largest absolute Gasteiger partial charge is 0.478 e. The van der Waals surface area contributed by atoms with E-state index in [0.717, 1.165) is 0 Å². The van der Waals surface area contributed by atoms with Crippen LogP contribution in [0.1, 0.15) is 33.6 Å². The van der Waals surface area contributed by atoms with Crippen LogP contribution in [0.3, 0.4) is 0 Å². The zero-order chi connectivity index (χ0) is 14.9. The lowest BCUT2D eigenvalue weighted by Crippen LogP contribution is -2.32. The maximum absolute atomic E-state index is 11.8. The second-order valence-electron chi connectivity index (χ2n) is 3.96. The highest BCUT2D eigenvalue weighted by molar-refractivity contribution is 9.10. The SMILES string of the molecule is O=C(ON1C(=O)CCC1=O)c1ccc(C(=O)O)c(Br)c1. The van der Waals surface area contributed by atoms with Gasteiger partial charge in [-0.1, -0.05) is 0 Å². The zero-order valence-corrected chi connectivity index (χ0v) is 11.5. The standard InChI is InChI=1S/C12H8BrNO6/c13-8-5-6(1-2-7(8)11(17)18)12(19)20-14-9(15)3-4-10(14)16/h1-2,5H,3-4H2,(H,17,18). The Morgan fingerprint density at radius 1 is 1.20 bits per heavy atom. The lowest BCUT2D eigenvalue weighted by atomic mass is 10.1. The molecule has 1 aromatic rings. The fourth-order valence-electron chi connectivity index (χ4n) is 1.61. The average molecular weight is 342 g/mol. The summed E-state index contributed by atoms with van der Waals surface area (Å²) in [6.07, 6.45) is 0.0154. The Morgan fingerprint density at radius 3 is 2.30 bits per heavy atom. The highest BCUT2D eigenvalue weighted by atomic mass is 79.9. The molecule has 0 bridgehead atoms. The van der Waals surface area contributed by atoms with Gasteiger partial charge in [-0.2, -0.15) is 0 Å². The van der Waals surface area contributed by atoms with Crippen LogP contribution >= 0.6 is 15.9 Å². The number of hydrogen-bond donors (Lipinski definition) is 1. The van der Waals surface area contributed by atoms with Gasteiger partial charge in [0.05, 0.1) is 11.1 Å². The van der Waals surface area contributed by atoms with E-state index in [9.17, 15) is 19.2 Å². The number of carbonyl (C=O) groups is 4. The number of amides is 2. The monoisotopic (exact) mass is 341 g/mol. The highest BCUT2D eigenvalue weighted by Crippen LogP contribution is 2.20. The van der Waals surface area contributed by atoms with Gasteiger partial charge < -0.3 is 9.94 Å². The number of hydroxylamine groups is 2. The van der Waals surface area contributed by atoms with Crippen molar-refractivity contribution in [2.45, 2.75) is 12.8 Å². The first-order valence-electron chi connectivity index (χ1n) is 5.51. The highest BCUT2D eigenvalue weighted by Gasteiger charge is 2.33. The van der Waals surface area contributed by atoms with Crippen LogP contribution in [0.4, 0.5) is 0 Å². The van der Waals surface area contributed by atoms with Gasteiger partial charge in [-0.3, -0.25) is 9.59 Å². The molecule has 104 valence electrons. The van der Waals surface area contributed by atoms with Crippen molar-refractivity contribution in [3.05, 3.63) is 33.8 Å². The minimum absolute atomic E-state index is 0.00770. The molecule has 0 spiro atoms. The van der Waals surface area contributed by atoms with Gasteiger partial charge >= 0.3 is 11.9 Å². The van der Waals surface area contributed by atoms with Crippen LogP contribution in [-0.2, 0) is 14.4 Å². The Bertz CT molecular complexity index is 610. The molecule has 0 radical (unpaired) electrons. The number of carbonyl (C=O) groups excluding carboxylic acids is 3. The van der Waals surface area contributed by atoms with Gasteiger partial charge in [-0.25, -0.2) is 9.59 Å². The summed E-state index contributed by atoms with van der Waals surface area (Å²) >= 11 is 3.02. The third kappa shape index (κ3) is 2.69. The molecule has 1 N–H and O–H groups in total. The topological polar surface area (TPSA) is 101 Å². The number of nitrogens with zero attached hydrogens (tertiary/aromatic N) is 1. The maximum atomic E-state index is 11.8. The van der Waals surface area contributed by atoms with Crippen LogP contribution in [0, 0.1) is 0 Å². The molecule has 2 rings (SSSR count). The van der Waals surface area contributed by atoms with Gasteiger partial charge in [0.2, 0.25) is 0 Å². The van der Waals surface area contributed by atoms with Crippen LogP contribution < -0.4 is 0 Å². The van der Waals surface area contributed by atoms with Gasteiger partial charge in [0.15, 0.2) is 0 Å². The molecule has 0 saturated carbocycles. The fraction of sp³-hybridized carbons (Fsp3) is 0.167. The van der Waals surface area contributed by atoms with E-state index in [1.807, 2.05) is 0 Å². The molecule has 1 fully saturated rings. The number of benzene rings is 1. The third-order valence-electron chi connectivity index (χ3n) is 2.62. The molecule has 8 heteroatoms. The van der Waals surface area contributed by atoms with Crippen molar-refractivity contribution in [3.63, 3.8) is 0 Å². The van der Waals surface area contributed by atoms with E-state index in [2.05, 4.69) is 15.9 Å². The number of halogens is 1. The average Bonchev–Trinajstić information content (AvgIpc) is 2.70. The number of aromatic carboxylic acids is 1. The fourth-order valence-corrected chi connectivity index (χ4v) is 2.16. The van der Waals surface area contributed by atoms with Gasteiger partial charge in [0.1, 0.15) is 0 Å². The molecule has 0 atom stereocenters. The molecule has 7 nitrogen and oxygen atoms in total. The van der Waals surface area contributed by atoms with Crippen LogP contribution in [0.5, 0.6) is 0 Å². The van der Waals surface area contributed by atoms with E-state index in [-0.39, 0.29) is 28.4 Å². The minimum Gasteiger partial charge on any atom is -0.478 e.